The maximum atomic E-state index is 5.77. The van der Waals surface area contributed by atoms with Crippen molar-refractivity contribution in [1.82, 2.24) is 9.88 Å². The van der Waals surface area contributed by atoms with Crippen molar-refractivity contribution >= 4 is 28.1 Å². The summed E-state index contributed by atoms with van der Waals surface area (Å²) in [6, 6.07) is 0.613. The molecule has 0 amide bonds. The van der Waals surface area contributed by atoms with E-state index >= 15 is 0 Å². The van der Waals surface area contributed by atoms with Crippen molar-refractivity contribution in [2.45, 2.75) is 25.8 Å². The first kappa shape index (κ1) is 12.1. The monoisotopic (exact) mass is 259 g/mol. The highest BCUT2D eigenvalue weighted by Crippen LogP contribution is 2.24. The summed E-state index contributed by atoms with van der Waals surface area (Å²) in [7, 11) is 0. The van der Waals surface area contributed by atoms with E-state index in [2.05, 4.69) is 34.0 Å². The molecule has 0 bridgehead atoms. The van der Waals surface area contributed by atoms with E-state index in [1.54, 1.807) is 11.3 Å². The van der Waals surface area contributed by atoms with Gasteiger partial charge in [0.05, 0.1) is 11.6 Å². The lowest BCUT2D eigenvalue weighted by atomic mass is 10.2. The van der Waals surface area contributed by atoms with Gasteiger partial charge in [0, 0.05) is 31.1 Å². The Labute approximate surface area is 106 Å². The second kappa shape index (κ2) is 5.34. The van der Waals surface area contributed by atoms with Crippen LogP contribution in [0, 0.1) is 0 Å². The minimum Gasteiger partial charge on any atom is -0.345 e. The highest BCUT2D eigenvalue weighted by molar-refractivity contribution is 7.13. The Bertz CT molecular complexity index is 342. The van der Waals surface area contributed by atoms with Crippen molar-refractivity contribution in [3.63, 3.8) is 0 Å². The van der Waals surface area contributed by atoms with Crippen LogP contribution in [0.2, 0.25) is 0 Å². The van der Waals surface area contributed by atoms with Crippen molar-refractivity contribution in [2.24, 2.45) is 0 Å². The summed E-state index contributed by atoms with van der Waals surface area (Å²) in [5.74, 6) is 0.515. The molecule has 2 rings (SSSR count). The minimum atomic E-state index is 0.515. The molecule has 2 heterocycles. The van der Waals surface area contributed by atoms with Gasteiger partial charge < -0.3 is 4.90 Å². The summed E-state index contributed by atoms with van der Waals surface area (Å²) < 4.78 is 0. The van der Waals surface area contributed by atoms with Gasteiger partial charge >= 0.3 is 0 Å². The first-order chi connectivity index (χ1) is 7.74. The summed E-state index contributed by atoms with van der Waals surface area (Å²) in [4.78, 5) is 9.41. The van der Waals surface area contributed by atoms with Gasteiger partial charge in [0.2, 0.25) is 0 Å². The zero-order valence-corrected chi connectivity index (χ0v) is 11.4. The number of likely N-dealkylation sites (N-methyl/N-ethyl adjacent to an activating group) is 1. The lowest BCUT2D eigenvalue weighted by Gasteiger charge is -2.39. The van der Waals surface area contributed by atoms with Crippen LogP contribution in [0.3, 0.4) is 0 Å². The van der Waals surface area contributed by atoms with E-state index in [9.17, 15) is 0 Å². The summed E-state index contributed by atoms with van der Waals surface area (Å²) in [5.41, 5.74) is 0.993. The van der Waals surface area contributed by atoms with Gasteiger partial charge in [-0.1, -0.05) is 6.92 Å². The third-order valence-corrected chi connectivity index (χ3v) is 4.34. The van der Waals surface area contributed by atoms with Crippen molar-refractivity contribution in [3.8, 4) is 0 Å². The first-order valence-electron chi connectivity index (χ1n) is 5.74. The van der Waals surface area contributed by atoms with Crippen LogP contribution in [-0.2, 0) is 5.88 Å². The predicted molar refractivity (Wildman–Crippen MR) is 70.6 cm³/mol. The van der Waals surface area contributed by atoms with E-state index in [0.717, 1.165) is 37.0 Å². The van der Waals surface area contributed by atoms with Crippen molar-refractivity contribution in [3.05, 3.63) is 11.1 Å². The third kappa shape index (κ3) is 2.50. The van der Waals surface area contributed by atoms with Crippen molar-refractivity contribution < 1.29 is 0 Å². The largest absolute Gasteiger partial charge is 0.345 e. The molecule has 1 fully saturated rings. The molecule has 1 aromatic rings. The van der Waals surface area contributed by atoms with Crippen LogP contribution >= 0.6 is 22.9 Å². The number of anilines is 1. The van der Waals surface area contributed by atoms with E-state index in [1.165, 1.54) is 0 Å². The van der Waals surface area contributed by atoms with Crippen LogP contribution in [0.15, 0.2) is 5.38 Å². The number of hydrogen-bond donors (Lipinski definition) is 0. The number of rotatable bonds is 3. The smallest absolute Gasteiger partial charge is 0.185 e. The average Bonchev–Trinajstić information content (AvgIpc) is 2.77. The normalized spacial score (nSPS) is 22.7. The SMILES string of the molecule is CCN1CCN(c2nc(CCl)cs2)CC1C. The second-order valence-corrected chi connectivity index (χ2v) is 5.28. The summed E-state index contributed by atoms with van der Waals surface area (Å²) in [6.45, 7) is 8.93. The molecule has 1 saturated heterocycles. The zero-order valence-electron chi connectivity index (χ0n) is 9.82. The highest BCUT2D eigenvalue weighted by Gasteiger charge is 2.23. The average molecular weight is 260 g/mol. The molecule has 0 saturated carbocycles. The summed E-state index contributed by atoms with van der Waals surface area (Å²) >= 11 is 7.47. The number of piperazine rings is 1. The van der Waals surface area contributed by atoms with Crippen molar-refractivity contribution in [2.75, 3.05) is 31.1 Å². The molecule has 1 aromatic heterocycles. The molecule has 1 aliphatic heterocycles. The standard InChI is InChI=1S/C11H18ClN3S/c1-3-14-4-5-15(7-9(14)2)11-13-10(6-12)8-16-11/h8-9H,3-7H2,1-2H3. The second-order valence-electron chi connectivity index (χ2n) is 4.18. The molecule has 0 aromatic carbocycles. The molecule has 1 atom stereocenters. The lowest BCUT2D eigenvalue weighted by molar-refractivity contribution is 0.199. The van der Waals surface area contributed by atoms with Crippen molar-refractivity contribution in [1.29, 1.82) is 0 Å². The quantitative estimate of drug-likeness (QED) is 0.778. The molecule has 1 unspecified atom stereocenters. The van der Waals surface area contributed by atoms with E-state index in [4.69, 9.17) is 11.6 Å². The van der Waals surface area contributed by atoms with Gasteiger partial charge in [0.25, 0.3) is 0 Å². The molecule has 0 spiro atoms. The number of nitrogens with zero attached hydrogens (tertiary/aromatic N) is 3. The van der Waals surface area contributed by atoms with E-state index in [0.29, 0.717) is 11.9 Å². The van der Waals surface area contributed by atoms with Crippen LogP contribution in [0.4, 0.5) is 5.13 Å². The Morgan fingerprint density at radius 3 is 2.94 bits per heavy atom. The number of alkyl halides is 1. The Hall–Kier alpha value is -0.320. The van der Waals surface area contributed by atoms with Crippen LogP contribution < -0.4 is 4.90 Å². The summed E-state index contributed by atoms with van der Waals surface area (Å²) in [6.07, 6.45) is 0. The van der Waals surface area contributed by atoms with Gasteiger partial charge in [0.15, 0.2) is 5.13 Å². The van der Waals surface area contributed by atoms with Gasteiger partial charge in [-0.25, -0.2) is 4.98 Å². The predicted octanol–water partition coefficient (Wildman–Crippen LogP) is 2.41. The molecule has 16 heavy (non-hydrogen) atoms. The number of hydrogen-bond acceptors (Lipinski definition) is 4. The fraction of sp³-hybridized carbons (Fsp3) is 0.727. The Morgan fingerprint density at radius 2 is 2.38 bits per heavy atom. The van der Waals surface area contributed by atoms with E-state index in [-0.39, 0.29) is 0 Å². The maximum absolute atomic E-state index is 5.77. The van der Waals surface area contributed by atoms with E-state index < -0.39 is 0 Å². The van der Waals surface area contributed by atoms with Gasteiger partial charge in [-0.2, -0.15) is 0 Å². The van der Waals surface area contributed by atoms with Gasteiger partial charge in [0.1, 0.15) is 0 Å². The highest BCUT2D eigenvalue weighted by atomic mass is 35.5. The van der Waals surface area contributed by atoms with Crippen LogP contribution in [0.25, 0.3) is 0 Å². The molecule has 5 heteroatoms. The maximum Gasteiger partial charge on any atom is 0.185 e. The molecule has 0 N–H and O–H groups in total. The number of halogens is 1. The Balaban J connectivity index is 2.01. The first-order valence-corrected chi connectivity index (χ1v) is 7.15. The fourth-order valence-corrected chi connectivity index (χ4v) is 3.23. The van der Waals surface area contributed by atoms with Gasteiger partial charge in [-0.15, -0.1) is 22.9 Å². The Kier molecular flexibility index (Phi) is 4.05. The molecule has 3 nitrogen and oxygen atoms in total. The van der Waals surface area contributed by atoms with Gasteiger partial charge in [-0.3, -0.25) is 4.90 Å². The van der Waals surface area contributed by atoms with Crippen LogP contribution in [-0.4, -0.2) is 42.1 Å². The van der Waals surface area contributed by atoms with Crippen LogP contribution in [0.5, 0.6) is 0 Å². The molecule has 1 aliphatic rings. The molecule has 0 radical (unpaired) electrons. The zero-order chi connectivity index (χ0) is 11.5. The lowest BCUT2D eigenvalue weighted by Crippen LogP contribution is -2.51. The third-order valence-electron chi connectivity index (χ3n) is 3.12. The number of aromatic nitrogens is 1. The Morgan fingerprint density at radius 1 is 1.56 bits per heavy atom. The fourth-order valence-electron chi connectivity index (χ4n) is 2.14. The molecule has 90 valence electrons. The summed E-state index contributed by atoms with van der Waals surface area (Å²) in [5, 5.41) is 3.18. The van der Waals surface area contributed by atoms with E-state index in [1.807, 2.05) is 0 Å². The molecular weight excluding hydrogens is 242 g/mol. The minimum absolute atomic E-state index is 0.515. The number of thiazole rings is 1. The topological polar surface area (TPSA) is 19.4 Å². The van der Waals surface area contributed by atoms with Crippen LogP contribution in [0.1, 0.15) is 19.5 Å². The molecular formula is C11H18ClN3S. The van der Waals surface area contributed by atoms with Gasteiger partial charge in [-0.05, 0) is 13.5 Å². The molecule has 0 aliphatic carbocycles.